The van der Waals surface area contributed by atoms with Crippen molar-refractivity contribution in [2.75, 3.05) is 0 Å². The number of aryl methyl sites for hydroxylation is 1. The number of para-hydroxylation sites is 1. The molecule has 0 saturated carbocycles. The lowest BCUT2D eigenvalue weighted by atomic mass is 10.0. The summed E-state index contributed by atoms with van der Waals surface area (Å²) in [5, 5.41) is 3.00. The smallest absolute Gasteiger partial charge is 0.282 e. The van der Waals surface area contributed by atoms with Crippen LogP contribution in [0, 0.1) is 6.92 Å². The number of H-pyrrole nitrogens is 1. The molecule has 4 nitrogen and oxygen atoms in total. The molecule has 1 aromatic carbocycles. The molecule has 1 heterocycles. The highest BCUT2D eigenvalue weighted by atomic mass is 16.2. The molecule has 0 saturated heterocycles. The minimum absolute atomic E-state index is 0.0560. The molecule has 0 amide bonds. The van der Waals surface area contributed by atoms with Crippen LogP contribution in [0.2, 0.25) is 0 Å². The molecule has 1 N–H and O–H groups in total. The molecule has 0 aliphatic carbocycles. The second-order valence-electron chi connectivity index (χ2n) is 5.32. The Morgan fingerprint density at radius 2 is 1.86 bits per heavy atom. The van der Waals surface area contributed by atoms with Crippen LogP contribution in [0.1, 0.15) is 55.1 Å². The summed E-state index contributed by atoms with van der Waals surface area (Å²) >= 11 is 0. The number of aromatic nitrogens is 2. The molecule has 0 aliphatic heterocycles. The first-order chi connectivity index (χ1) is 10.1. The average molecular weight is 286 g/mol. The predicted molar refractivity (Wildman–Crippen MR) is 84.2 cm³/mol. The van der Waals surface area contributed by atoms with Gasteiger partial charge in [-0.15, -0.1) is 0 Å². The molecular weight excluding hydrogens is 264 g/mol. The van der Waals surface area contributed by atoms with Gasteiger partial charge in [0.2, 0.25) is 0 Å². The number of aromatic amines is 1. The molecule has 1 aromatic heterocycles. The van der Waals surface area contributed by atoms with Crippen LogP contribution in [-0.2, 0) is 0 Å². The third-order valence-corrected chi connectivity index (χ3v) is 3.62. The van der Waals surface area contributed by atoms with Crippen molar-refractivity contribution in [1.29, 1.82) is 0 Å². The van der Waals surface area contributed by atoms with E-state index in [0.29, 0.717) is 17.7 Å². The van der Waals surface area contributed by atoms with Gasteiger partial charge in [-0.25, -0.2) is 4.68 Å². The van der Waals surface area contributed by atoms with Crippen molar-refractivity contribution in [1.82, 2.24) is 9.78 Å². The predicted octanol–water partition coefficient (Wildman–Crippen LogP) is 3.63. The van der Waals surface area contributed by atoms with Crippen molar-refractivity contribution in [3.63, 3.8) is 0 Å². The second-order valence-corrected chi connectivity index (χ2v) is 5.32. The van der Waals surface area contributed by atoms with Gasteiger partial charge in [0.15, 0.2) is 5.78 Å². The number of hydrogen-bond donors (Lipinski definition) is 1. The Morgan fingerprint density at radius 3 is 2.52 bits per heavy atom. The van der Waals surface area contributed by atoms with Gasteiger partial charge in [0.25, 0.3) is 5.56 Å². The Labute approximate surface area is 124 Å². The standard InChI is InChI=1S/C17H22N2O2/c1-3-4-5-9-12-15(20)16-13(2)18-19(17(16)21)14-10-7-6-8-11-14/h6-8,10-11,18H,3-5,9,12H2,1-2H3. The fourth-order valence-electron chi connectivity index (χ4n) is 2.47. The molecule has 0 fully saturated rings. The van der Waals surface area contributed by atoms with E-state index in [4.69, 9.17) is 0 Å². The Balaban J connectivity index is 2.20. The molecule has 2 aromatic rings. The molecule has 0 spiro atoms. The Bertz CT molecular complexity index is 653. The van der Waals surface area contributed by atoms with Gasteiger partial charge in [0, 0.05) is 12.1 Å². The topological polar surface area (TPSA) is 54.9 Å². The second kappa shape index (κ2) is 7.07. The first-order valence-corrected chi connectivity index (χ1v) is 7.55. The minimum Gasteiger partial charge on any atom is -0.295 e. The van der Waals surface area contributed by atoms with E-state index in [1.54, 1.807) is 6.92 Å². The monoisotopic (exact) mass is 286 g/mol. The summed E-state index contributed by atoms with van der Waals surface area (Å²) in [7, 11) is 0. The Hall–Kier alpha value is -2.10. The van der Waals surface area contributed by atoms with Gasteiger partial charge in [0.1, 0.15) is 5.56 Å². The number of benzene rings is 1. The van der Waals surface area contributed by atoms with E-state index in [-0.39, 0.29) is 11.3 Å². The maximum Gasteiger partial charge on any atom is 0.282 e. The zero-order valence-electron chi connectivity index (χ0n) is 12.7. The number of Topliss-reactive ketones (excluding diaryl/α,β-unsaturated/α-hetero) is 1. The van der Waals surface area contributed by atoms with Gasteiger partial charge in [-0.3, -0.25) is 14.7 Å². The lowest BCUT2D eigenvalue weighted by Gasteiger charge is -1.99. The fourth-order valence-corrected chi connectivity index (χ4v) is 2.47. The van der Waals surface area contributed by atoms with Crippen molar-refractivity contribution in [2.45, 2.75) is 46.0 Å². The number of carbonyl (C=O) groups is 1. The van der Waals surface area contributed by atoms with Crippen LogP contribution in [0.4, 0.5) is 0 Å². The van der Waals surface area contributed by atoms with E-state index in [0.717, 1.165) is 31.4 Å². The molecule has 0 bridgehead atoms. The maximum absolute atomic E-state index is 12.4. The number of rotatable bonds is 7. The largest absolute Gasteiger partial charge is 0.295 e. The van der Waals surface area contributed by atoms with Gasteiger partial charge < -0.3 is 0 Å². The average Bonchev–Trinajstić information content (AvgIpc) is 2.79. The number of hydrogen-bond acceptors (Lipinski definition) is 2. The summed E-state index contributed by atoms with van der Waals surface area (Å²) < 4.78 is 1.44. The number of nitrogens with one attached hydrogen (secondary N) is 1. The van der Waals surface area contributed by atoms with Gasteiger partial charge >= 0.3 is 0 Å². The quantitative estimate of drug-likeness (QED) is 0.624. The number of carbonyl (C=O) groups excluding carboxylic acids is 1. The van der Waals surface area contributed by atoms with E-state index in [9.17, 15) is 9.59 Å². The first kappa shape index (κ1) is 15.3. The van der Waals surface area contributed by atoms with Crippen molar-refractivity contribution in [3.8, 4) is 5.69 Å². The van der Waals surface area contributed by atoms with Crippen molar-refractivity contribution >= 4 is 5.78 Å². The number of ketones is 1. The lowest BCUT2D eigenvalue weighted by molar-refractivity contribution is 0.0977. The van der Waals surface area contributed by atoms with E-state index < -0.39 is 0 Å². The Kier molecular flexibility index (Phi) is 5.14. The van der Waals surface area contributed by atoms with Crippen LogP contribution < -0.4 is 5.56 Å². The summed E-state index contributed by atoms with van der Waals surface area (Å²) in [6.45, 7) is 3.91. The lowest BCUT2D eigenvalue weighted by Crippen LogP contribution is -2.20. The van der Waals surface area contributed by atoms with E-state index in [2.05, 4.69) is 12.0 Å². The highest BCUT2D eigenvalue weighted by Crippen LogP contribution is 2.11. The maximum atomic E-state index is 12.4. The van der Waals surface area contributed by atoms with Crippen LogP contribution in [-0.4, -0.2) is 15.6 Å². The third kappa shape index (κ3) is 3.51. The van der Waals surface area contributed by atoms with Crippen LogP contribution in [0.25, 0.3) is 5.69 Å². The zero-order chi connectivity index (χ0) is 15.2. The van der Waals surface area contributed by atoms with E-state index in [1.165, 1.54) is 4.68 Å². The first-order valence-electron chi connectivity index (χ1n) is 7.55. The molecule has 4 heteroatoms. The third-order valence-electron chi connectivity index (χ3n) is 3.62. The molecule has 0 radical (unpaired) electrons. The molecule has 0 unspecified atom stereocenters. The molecule has 112 valence electrons. The summed E-state index contributed by atoms with van der Waals surface area (Å²) in [5.41, 5.74) is 1.44. The normalized spacial score (nSPS) is 10.8. The van der Waals surface area contributed by atoms with Crippen LogP contribution in [0.5, 0.6) is 0 Å². The summed E-state index contributed by atoms with van der Waals surface area (Å²) in [5.74, 6) is -0.0560. The molecular formula is C17H22N2O2. The van der Waals surface area contributed by atoms with E-state index in [1.807, 2.05) is 30.3 Å². The molecule has 21 heavy (non-hydrogen) atoms. The van der Waals surface area contributed by atoms with Gasteiger partial charge in [-0.2, -0.15) is 0 Å². The number of nitrogens with zero attached hydrogens (tertiary/aromatic N) is 1. The van der Waals surface area contributed by atoms with Gasteiger partial charge in [-0.1, -0.05) is 44.4 Å². The van der Waals surface area contributed by atoms with Crippen LogP contribution in [0.3, 0.4) is 0 Å². The minimum atomic E-state index is -0.251. The van der Waals surface area contributed by atoms with Crippen molar-refractivity contribution in [3.05, 3.63) is 51.9 Å². The molecule has 2 rings (SSSR count). The highest BCUT2D eigenvalue weighted by molar-refractivity contribution is 5.96. The Morgan fingerprint density at radius 1 is 1.14 bits per heavy atom. The zero-order valence-corrected chi connectivity index (χ0v) is 12.7. The number of unbranched alkanes of at least 4 members (excludes halogenated alkanes) is 3. The summed E-state index contributed by atoms with van der Waals surface area (Å²) in [4.78, 5) is 24.7. The van der Waals surface area contributed by atoms with Crippen LogP contribution in [0.15, 0.2) is 35.1 Å². The SMILES string of the molecule is CCCCCCC(=O)c1c(C)[nH]n(-c2ccccc2)c1=O. The van der Waals surface area contributed by atoms with Crippen LogP contribution >= 0.6 is 0 Å². The molecule has 0 aliphatic rings. The summed E-state index contributed by atoms with van der Waals surface area (Å²) in [6, 6.07) is 9.30. The molecule has 0 atom stereocenters. The highest BCUT2D eigenvalue weighted by Gasteiger charge is 2.18. The summed E-state index contributed by atoms with van der Waals surface area (Å²) in [6.07, 6.45) is 4.61. The van der Waals surface area contributed by atoms with Crippen molar-refractivity contribution < 1.29 is 4.79 Å². The van der Waals surface area contributed by atoms with Gasteiger partial charge in [0.05, 0.1) is 5.69 Å². The van der Waals surface area contributed by atoms with Crippen molar-refractivity contribution in [2.24, 2.45) is 0 Å². The van der Waals surface area contributed by atoms with Gasteiger partial charge in [-0.05, 0) is 25.5 Å². The van der Waals surface area contributed by atoms with E-state index >= 15 is 0 Å². The fraction of sp³-hybridized carbons (Fsp3) is 0.412.